The Morgan fingerprint density at radius 3 is 2.83 bits per heavy atom. The maximum Gasteiger partial charge on any atom is 0.141 e. The van der Waals surface area contributed by atoms with Gasteiger partial charge in [0.2, 0.25) is 0 Å². The topological polar surface area (TPSA) is 55.0 Å². The van der Waals surface area contributed by atoms with Crippen molar-refractivity contribution in [3.05, 3.63) is 17.3 Å². The van der Waals surface area contributed by atoms with Crippen molar-refractivity contribution < 1.29 is 0 Å². The van der Waals surface area contributed by atoms with Crippen molar-refractivity contribution in [3.8, 4) is 0 Å². The molecule has 0 aromatic carbocycles. The van der Waals surface area contributed by atoms with Crippen LogP contribution in [0.5, 0.6) is 0 Å². The summed E-state index contributed by atoms with van der Waals surface area (Å²) in [6, 6.07) is 2.59. The van der Waals surface area contributed by atoms with Gasteiger partial charge in [-0.2, -0.15) is 0 Å². The number of rotatable bonds is 5. The van der Waals surface area contributed by atoms with E-state index in [1.54, 1.807) is 17.7 Å². The van der Waals surface area contributed by atoms with Crippen molar-refractivity contribution in [2.75, 3.05) is 18.0 Å². The summed E-state index contributed by atoms with van der Waals surface area (Å²) in [6.45, 7) is 8.12. The smallest absolute Gasteiger partial charge is 0.141 e. The van der Waals surface area contributed by atoms with Crippen molar-refractivity contribution in [2.45, 2.75) is 33.2 Å². The van der Waals surface area contributed by atoms with Gasteiger partial charge in [0.15, 0.2) is 0 Å². The second-order valence-corrected chi connectivity index (χ2v) is 5.94. The molecule has 2 N–H and O–H groups in total. The quantitative estimate of drug-likeness (QED) is 0.901. The molecule has 18 heavy (non-hydrogen) atoms. The molecule has 2 aromatic rings. The fourth-order valence-electron chi connectivity index (χ4n) is 2.06. The molecule has 98 valence electrons. The molecule has 0 saturated carbocycles. The first-order valence-electron chi connectivity index (χ1n) is 6.31. The van der Waals surface area contributed by atoms with Crippen LogP contribution in [-0.4, -0.2) is 29.1 Å². The van der Waals surface area contributed by atoms with Crippen LogP contribution in [0.15, 0.2) is 12.4 Å². The van der Waals surface area contributed by atoms with E-state index in [-0.39, 0.29) is 0 Å². The van der Waals surface area contributed by atoms with Gasteiger partial charge in [0.25, 0.3) is 0 Å². The molecule has 0 aliphatic rings. The second-order valence-electron chi connectivity index (χ2n) is 4.70. The van der Waals surface area contributed by atoms with Crippen LogP contribution in [-0.2, 0) is 0 Å². The third kappa shape index (κ3) is 2.62. The summed E-state index contributed by atoms with van der Waals surface area (Å²) in [6.07, 6.45) is 2.64. The molecule has 4 nitrogen and oxygen atoms in total. The SMILES string of the molecule is Cc1cc2c(N(CCCN)C(C)C)ncnc2s1. The molecule has 5 heteroatoms. The number of thiophene rings is 1. The van der Waals surface area contributed by atoms with Gasteiger partial charge in [-0.1, -0.05) is 0 Å². The van der Waals surface area contributed by atoms with E-state index < -0.39 is 0 Å². The van der Waals surface area contributed by atoms with E-state index in [1.165, 1.54) is 4.88 Å². The van der Waals surface area contributed by atoms with Gasteiger partial charge in [0, 0.05) is 17.5 Å². The minimum Gasteiger partial charge on any atom is -0.354 e. The van der Waals surface area contributed by atoms with Gasteiger partial charge in [-0.05, 0) is 39.8 Å². The zero-order chi connectivity index (χ0) is 13.1. The van der Waals surface area contributed by atoms with Crippen LogP contribution in [0.25, 0.3) is 10.2 Å². The molecule has 0 saturated heterocycles. The average molecular weight is 264 g/mol. The normalized spacial score (nSPS) is 11.4. The number of hydrogen-bond acceptors (Lipinski definition) is 5. The van der Waals surface area contributed by atoms with Gasteiger partial charge in [0.1, 0.15) is 17.0 Å². The minimum atomic E-state index is 0.412. The highest BCUT2D eigenvalue weighted by Crippen LogP contribution is 2.30. The van der Waals surface area contributed by atoms with Gasteiger partial charge in [0.05, 0.1) is 5.39 Å². The van der Waals surface area contributed by atoms with Crippen LogP contribution in [0.4, 0.5) is 5.82 Å². The highest BCUT2D eigenvalue weighted by atomic mass is 32.1. The lowest BCUT2D eigenvalue weighted by molar-refractivity contribution is 0.651. The Labute approximate surface area is 112 Å². The molecule has 0 spiro atoms. The average Bonchev–Trinajstić information content (AvgIpc) is 2.70. The summed E-state index contributed by atoms with van der Waals surface area (Å²) in [7, 11) is 0. The molecule has 0 radical (unpaired) electrons. The lowest BCUT2D eigenvalue weighted by Crippen LogP contribution is -2.33. The third-order valence-electron chi connectivity index (χ3n) is 2.93. The molecule has 0 aliphatic carbocycles. The van der Waals surface area contributed by atoms with Crippen molar-refractivity contribution >= 4 is 27.4 Å². The van der Waals surface area contributed by atoms with Crippen LogP contribution in [0.1, 0.15) is 25.1 Å². The maximum atomic E-state index is 5.61. The van der Waals surface area contributed by atoms with Crippen molar-refractivity contribution in [3.63, 3.8) is 0 Å². The van der Waals surface area contributed by atoms with E-state index in [0.29, 0.717) is 12.6 Å². The van der Waals surface area contributed by atoms with Crippen LogP contribution in [0.3, 0.4) is 0 Å². The van der Waals surface area contributed by atoms with Gasteiger partial charge >= 0.3 is 0 Å². The molecular formula is C13H20N4S. The Morgan fingerprint density at radius 2 is 2.17 bits per heavy atom. The second kappa shape index (κ2) is 5.63. The first-order chi connectivity index (χ1) is 8.63. The van der Waals surface area contributed by atoms with E-state index in [2.05, 4.69) is 41.7 Å². The Kier molecular flexibility index (Phi) is 4.14. The molecule has 0 atom stereocenters. The zero-order valence-corrected chi connectivity index (χ0v) is 12.0. The fourth-order valence-corrected chi connectivity index (χ4v) is 2.90. The Hall–Kier alpha value is -1.20. The standard InChI is InChI=1S/C13H20N4S/c1-9(2)17(6-4-5-14)12-11-7-10(3)18-13(11)16-8-15-12/h7-9H,4-6,14H2,1-3H3. The van der Waals surface area contributed by atoms with Gasteiger partial charge < -0.3 is 10.6 Å². The number of nitrogens with two attached hydrogens (primary N) is 1. The van der Waals surface area contributed by atoms with Gasteiger partial charge in [-0.3, -0.25) is 0 Å². The Bertz CT molecular complexity index is 521. The van der Waals surface area contributed by atoms with Gasteiger partial charge in [-0.25, -0.2) is 9.97 Å². The molecule has 0 amide bonds. The summed E-state index contributed by atoms with van der Waals surface area (Å²) < 4.78 is 0. The minimum absolute atomic E-state index is 0.412. The predicted octanol–water partition coefficient (Wildman–Crippen LogP) is 2.56. The molecule has 0 aliphatic heterocycles. The number of anilines is 1. The predicted molar refractivity (Wildman–Crippen MR) is 78.3 cm³/mol. The third-order valence-corrected chi connectivity index (χ3v) is 3.89. The van der Waals surface area contributed by atoms with Crippen LogP contribution < -0.4 is 10.6 Å². The number of aromatic nitrogens is 2. The Balaban J connectivity index is 2.42. The molecular weight excluding hydrogens is 244 g/mol. The first-order valence-corrected chi connectivity index (χ1v) is 7.13. The summed E-state index contributed by atoms with van der Waals surface area (Å²) in [5.74, 6) is 1.04. The molecule has 0 unspecified atom stereocenters. The summed E-state index contributed by atoms with van der Waals surface area (Å²) >= 11 is 1.72. The fraction of sp³-hybridized carbons (Fsp3) is 0.538. The summed E-state index contributed by atoms with van der Waals surface area (Å²) in [5, 5.41) is 1.16. The zero-order valence-electron chi connectivity index (χ0n) is 11.2. The van der Waals surface area contributed by atoms with Crippen molar-refractivity contribution in [2.24, 2.45) is 5.73 Å². The number of fused-ring (bicyclic) bond motifs is 1. The maximum absolute atomic E-state index is 5.61. The van der Waals surface area contributed by atoms with Crippen LogP contribution in [0, 0.1) is 6.92 Å². The monoisotopic (exact) mass is 264 g/mol. The molecule has 2 aromatic heterocycles. The van der Waals surface area contributed by atoms with Crippen molar-refractivity contribution in [1.29, 1.82) is 0 Å². The number of aryl methyl sites for hydroxylation is 1. The molecule has 2 heterocycles. The highest BCUT2D eigenvalue weighted by molar-refractivity contribution is 7.18. The summed E-state index contributed by atoms with van der Waals surface area (Å²) in [5.41, 5.74) is 5.61. The lowest BCUT2D eigenvalue weighted by atomic mass is 10.2. The first kappa shape index (κ1) is 13.2. The molecule has 0 bridgehead atoms. The van der Waals surface area contributed by atoms with E-state index in [0.717, 1.165) is 29.0 Å². The lowest BCUT2D eigenvalue weighted by Gasteiger charge is -2.28. The molecule has 0 fully saturated rings. The van der Waals surface area contributed by atoms with E-state index in [4.69, 9.17) is 5.73 Å². The van der Waals surface area contributed by atoms with Crippen LogP contribution >= 0.6 is 11.3 Å². The summed E-state index contributed by atoms with van der Waals surface area (Å²) in [4.78, 5) is 13.5. The number of nitrogens with zero attached hydrogens (tertiary/aromatic N) is 3. The largest absolute Gasteiger partial charge is 0.354 e. The van der Waals surface area contributed by atoms with E-state index in [9.17, 15) is 0 Å². The van der Waals surface area contributed by atoms with E-state index in [1.807, 2.05) is 0 Å². The van der Waals surface area contributed by atoms with E-state index >= 15 is 0 Å². The van der Waals surface area contributed by atoms with Crippen molar-refractivity contribution in [1.82, 2.24) is 9.97 Å². The number of hydrogen-bond donors (Lipinski definition) is 1. The van der Waals surface area contributed by atoms with Crippen LogP contribution in [0.2, 0.25) is 0 Å². The highest BCUT2D eigenvalue weighted by Gasteiger charge is 2.16. The Morgan fingerprint density at radius 1 is 1.39 bits per heavy atom. The van der Waals surface area contributed by atoms with Gasteiger partial charge in [-0.15, -0.1) is 11.3 Å². The molecule has 2 rings (SSSR count).